The summed E-state index contributed by atoms with van der Waals surface area (Å²) in [5.41, 5.74) is 9.87. The molecule has 0 aliphatic heterocycles. The van der Waals surface area contributed by atoms with Crippen molar-refractivity contribution in [2.75, 3.05) is 0 Å². The van der Waals surface area contributed by atoms with E-state index in [9.17, 15) is 14.7 Å². The van der Waals surface area contributed by atoms with Gasteiger partial charge in [-0.3, -0.25) is 9.59 Å². The number of hydrogen-bond acceptors (Lipinski definition) is 5. The third kappa shape index (κ3) is 4.57. The first-order valence-electron chi connectivity index (χ1n) is 9.82. The predicted molar refractivity (Wildman–Crippen MR) is 119 cm³/mol. The maximum absolute atomic E-state index is 15.5. The van der Waals surface area contributed by atoms with Gasteiger partial charge in [0.1, 0.15) is 11.5 Å². The van der Waals surface area contributed by atoms with Crippen LogP contribution >= 0.6 is 0 Å². The Morgan fingerprint density at radius 1 is 1.31 bits per heavy atom. The molecule has 9 heteroatoms. The second-order valence-electron chi connectivity index (χ2n) is 8.15. The first kappa shape index (κ1) is 22.8. The molecule has 2 aromatic carbocycles. The number of carbonyl (C=O) groups excluding carboxylic acids is 2. The second-order valence-corrected chi connectivity index (χ2v) is 8.15. The molecule has 0 atom stereocenters. The van der Waals surface area contributed by atoms with Gasteiger partial charge in [-0.25, -0.2) is 14.5 Å². The molecule has 0 aliphatic carbocycles. The van der Waals surface area contributed by atoms with Gasteiger partial charge >= 0.3 is 0 Å². The molecule has 3 rings (SSSR count). The normalized spacial score (nSPS) is 11.7. The number of rotatable bonds is 7. The standard InChI is InChI=1S/C23H24FN5O3/c1-23(2,3)15-9-14(11-26-27-13-31)21(18(24)10-15)16-5-4-6-20(17(16)12-30)29-8-7-19(28-29)22(25)32/h4-11,13,30H,12H2,1-3H3,(H2,25,32)(H,27,31)/b26-11-. The summed E-state index contributed by atoms with van der Waals surface area (Å²) in [7, 11) is 0. The number of carbonyl (C=O) groups is 2. The number of nitrogens with one attached hydrogen (secondary N) is 1. The number of amides is 2. The van der Waals surface area contributed by atoms with Gasteiger partial charge in [0.2, 0.25) is 6.41 Å². The van der Waals surface area contributed by atoms with Crippen molar-refractivity contribution >= 4 is 18.5 Å². The topological polar surface area (TPSA) is 123 Å². The monoisotopic (exact) mass is 437 g/mol. The average molecular weight is 437 g/mol. The quantitative estimate of drug-likeness (QED) is 0.299. The molecule has 1 aromatic heterocycles. The zero-order chi connectivity index (χ0) is 23.5. The molecule has 2 amide bonds. The number of primary amides is 1. The van der Waals surface area contributed by atoms with Crippen molar-refractivity contribution in [1.29, 1.82) is 0 Å². The molecular weight excluding hydrogens is 413 g/mol. The molecule has 0 aliphatic rings. The van der Waals surface area contributed by atoms with Gasteiger partial charge in [-0.15, -0.1) is 0 Å². The number of benzene rings is 2. The van der Waals surface area contributed by atoms with Crippen molar-refractivity contribution in [3.63, 3.8) is 0 Å². The Morgan fingerprint density at radius 3 is 2.66 bits per heavy atom. The van der Waals surface area contributed by atoms with E-state index in [4.69, 9.17) is 5.73 Å². The van der Waals surface area contributed by atoms with Crippen LogP contribution in [0.1, 0.15) is 48.0 Å². The molecule has 0 radical (unpaired) electrons. The molecule has 32 heavy (non-hydrogen) atoms. The summed E-state index contributed by atoms with van der Waals surface area (Å²) < 4.78 is 16.9. The van der Waals surface area contributed by atoms with E-state index in [-0.39, 0.29) is 16.7 Å². The first-order valence-corrected chi connectivity index (χ1v) is 9.82. The molecule has 8 nitrogen and oxygen atoms in total. The summed E-state index contributed by atoms with van der Waals surface area (Å²) in [4.78, 5) is 22.0. The van der Waals surface area contributed by atoms with Crippen molar-refractivity contribution in [2.45, 2.75) is 32.8 Å². The average Bonchev–Trinajstić information content (AvgIpc) is 3.23. The Kier molecular flexibility index (Phi) is 6.50. The minimum Gasteiger partial charge on any atom is -0.392 e. The van der Waals surface area contributed by atoms with Crippen LogP contribution < -0.4 is 11.2 Å². The highest BCUT2D eigenvalue weighted by Gasteiger charge is 2.22. The number of hydrazone groups is 1. The van der Waals surface area contributed by atoms with Crippen LogP contribution in [0.15, 0.2) is 47.7 Å². The summed E-state index contributed by atoms with van der Waals surface area (Å²) in [6, 6.07) is 9.76. The zero-order valence-electron chi connectivity index (χ0n) is 18.0. The highest BCUT2D eigenvalue weighted by atomic mass is 19.1. The Bertz CT molecular complexity index is 1190. The number of nitrogens with zero attached hydrogens (tertiary/aromatic N) is 3. The van der Waals surface area contributed by atoms with Crippen molar-refractivity contribution in [2.24, 2.45) is 10.8 Å². The molecule has 4 N–H and O–H groups in total. The smallest absolute Gasteiger partial charge is 0.269 e. The van der Waals surface area contributed by atoms with Crippen molar-refractivity contribution in [3.05, 3.63) is 70.8 Å². The van der Waals surface area contributed by atoms with Gasteiger partial charge in [0, 0.05) is 22.9 Å². The lowest BCUT2D eigenvalue weighted by Crippen LogP contribution is -2.14. The van der Waals surface area contributed by atoms with Gasteiger partial charge < -0.3 is 10.8 Å². The van der Waals surface area contributed by atoms with Gasteiger partial charge in [0.05, 0.1) is 18.5 Å². The zero-order valence-corrected chi connectivity index (χ0v) is 18.0. The molecule has 0 saturated carbocycles. The molecule has 0 spiro atoms. The fraction of sp³-hybridized carbons (Fsp3) is 0.217. The van der Waals surface area contributed by atoms with E-state index >= 15 is 4.39 Å². The van der Waals surface area contributed by atoms with E-state index in [1.165, 1.54) is 29.2 Å². The van der Waals surface area contributed by atoms with E-state index in [0.717, 1.165) is 5.56 Å². The third-order valence-electron chi connectivity index (χ3n) is 4.98. The van der Waals surface area contributed by atoms with E-state index in [1.807, 2.05) is 20.8 Å². The maximum Gasteiger partial charge on any atom is 0.269 e. The lowest BCUT2D eigenvalue weighted by Gasteiger charge is -2.22. The van der Waals surface area contributed by atoms with E-state index in [0.29, 0.717) is 28.8 Å². The first-order chi connectivity index (χ1) is 15.2. The highest BCUT2D eigenvalue weighted by Crippen LogP contribution is 2.35. The Labute approximate surface area is 184 Å². The second kappa shape index (κ2) is 9.11. The van der Waals surface area contributed by atoms with E-state index < -0.39 is 18.3 Å². The van der Waals surface area contributed by atoms with Crippen LogP contribution in [0.3, 0.4) is 0 Å². The minimum atomic E-state index is -0.685. The Hall–Kier alpha value is -3.85. The molecule has 166 valence electrons. The van der Waals surface area contributed by atoms with Crippen LogP contribution in [0.2, 0.25) is 0 Å². The molecule has 0 bridgehead atoms. The minimum absolute atomic E-state index is 0.0627. The SMILES string of the molecule is CC(C)(C)c1cc(F)c(-c2cccc(-n3ccc(C(N)=O)n3)c2CO)c(/C=N\NC=O)c1. The van der Waals surface area contributed by atoms with Gasteiger partial charge in [-0.1, -0.05) is 32.9 Å². The Balaban J connectivity index is 2.26. The van der Waals surface area contributed by atoms with Crippen molar-refractivity contribution in [3.8, 4) is 16.8 Å². The van der Waals surface area contributed by atoms with Crippen LogP contribution in [0.5, 0.6) is 0 Å². The number of aromatic nitrogens is 2. The third-order valence-corrected chi connectivity index (χ3v) is 4.98. The van der Waals surface area contributed by atoms with Crippen LogP contribution in [0.4, 0.5) is 4.39 Å². The Morgan fingerprint density at radius 2 is 2.06 bits per heavy atom. The van der Waals surface area contributed by atoms with Crippen molar-refractivity contribution < 1.29 is 19.1 Å². The predicted octanol–water partition coefficient (Wildman–Crippen LogP) is 2.65. The number of aliphatic hydroxyl groups excluding tert-OH is 1. The summed E-state index contributed by atoms with van der Waals surface area (Å²) in [6.07, 6.45) is 3.30. The molecule has 3 aromatic rings. The maximum atomic E-state index is 15.5. The van der Waals surface area contributed by atoms with Gasteiger partial charge in [-0.05, 0) is 40.8 Å². The van der Waals surface area contributed by atoms with Crippen LogP contribution in [0, 0.1) is 5.82 Å². The molecule has 0 saturated heterocycles. The summed E-state index contributed by atoms with van der Waals surface area (Å²) >= 11 is 0. The van der Waals surface area contributed by atoms with Gasteiger partial charge in [0.25, 0.3) is 5.91 Å². The van der Waals surface area contributed by atoms with E-state index in [1.54, 1.807) is 24.3 Å². The van der Waals surface area contributed by atoms with Gasteiger partial charge in [-0.2, -0.15) is 10.2 Å². The van der Waals surface area contributed by atoms with Crippen LogP contribution in [0.25, 0.3) is 16.8 Å². The summed E-state index contributed by atoms with van der Waals surface area (Å²) in [5, 5.41) is 18.1. The van der Waals surface area contributed by atoms with Crippen LogP contribution in [-0.4, -0.2) is 33.4 Å². The number of aliphatic hydroxyl groups is 1. The fourth-order valence-electron chi connectivity index (χ4n) is 3.36. The molecule has 0 unspecified atom stereocenters. The lowest BCUT2D eigenvalue weighted by atomic mass is 9.83. The molecular formula is C23H24FN5O3. The number of halogens is 1. The van der Waals surface area contributed by atoms with Crippen LogP contribution in [-0.2, 0) is 16.8 Å². The highest BCUT2D eigenvalue weighted by molar-refractivity contribution is 5.93. The lowest BCUT2D eigenvalue weighted by molar-refractivity contribution is -0.109. The molecule has 1 heterocycles. The van der Waals surface area contributed by atoms with Gasteiger partial charge in [0.15, 0.2) is 0 Å². The summed E-state index contributed by atoms with van der Waals surface area (Å²) in [5.74, 6) is -1.19. The largest absolute Gasteiger partial charge is 0.392 e. The number of hydrogen-bond donors (Lipinski definition) is 3. The van der Waals surface area contributed by atoms with Crippen molar-refractivity contribution in [1.82, 2.24) is 15.2 Å². The molecule has 0 fully saturated rings. The fourth-order valence-corrected chi connectivity index (χ4v) is 3.36. The summed E-state index contributed by atoms with van der Waals surface area (Å²) in [6.45, 7) is 5.46. The van der Waals surface area contributed by atoms with E-state index in [2.05, 4.69) is 15.6 Å². The number of nitrogens with two attached hydrogens (primary N) is 1.